The van der Waals surface area contributed by atoms with E-state index in [1.807, 2.05) is 6.92 Å². The van der Waals surface area contributed by atoms with Crippen LogP contribution in [0.25, 0.3) is 55.2 Å². The van der Waals surface area contributed by atoms with Crippen molar-refractivity contribution in [3.8, 4) is 22.4 Å². The molecule has 1 aliphatic rings. The third kappa shape index (κ3) is 4.12. The zero-order chi connectivity index (χ0) is 26.9. The number of benzene rings is 3. The average molecular weight is 511 g/mol. The van der Waals surface area contributed by atoms with E-state index in [0.29, 0.717) is 17.0 Å². The van der Waals surface area contributed by atoms with Gasteiger partial charge in [0.2, 0.25) is 5.71 Å². The Labute approximate surface area is 229 Å². The second-order valence-electron chi connectivity index (χ2n) is 12.4. The average Bonchev–Trinajstić information content (AvgIpc) is 3.46. The van der Waals surface area contributed by atoms with E-state index in [0.717, 1.165) is 38.7 Å². The second-order valence-corrected chi connectivity index (χ2v) is 12.4. The molecule has 0 bridgehead atoms. The van der Waals surface area contributed by atoms with E-state index in [1.165, 1.54) is 52.5 Å². The lowest BCUT2D eigenvalue weighted by molar-refractivity contribution is 0.376. The third-order valence-electron chi connectivity index (χ3n) is 8.69. The van der Waals surface area contributed by atoms with Gasteiger partial charge in [0, 0.05) is 39.2 Å². The highest BCUT2D eigenvalue weighted by Crippen LogP contribution is 2.47. The van der Waals surface area contributed by atoms with Crippen LogP contribution in [0.1, 0.15) is 61.4 Å². The van der Waals surface area contributed by atoms with Gasteiger partial charge in [-0.25, -0.2) is 4.98 Å². The van der Waals surface area contributed by atoms with Gasteiger partial charge in [0.25, 0.3) is 0 Å². The summed E-state index contributed by atoms with van der Waals surface area (Å²) in [6.45, 7) is 11.1. The fourth-order valence-corrected chi connectivity index (χ4v) is 6.58. The van der Waals surface area contributed by atoms with Crippen LogP contribution in [0.15, 0.2) is 77.3 Å². The number of nitrogens with zero attached hydrogens (tertiary/aromatic N) is 2. The van der Waals surface area contributed by atoms with Crippen LogP contribution in [-0.2, 0) is 0 Å². The highest BCUT2D eigenvalue weighted by molar-refractivity contribution is 6.12. The summed E-state index contributed by atoms with van der Waals surface area (Å²) in [7, 11) is 0. The summed E-state index contributed by atoms with van der Waals surface area (Å²) < 4.78 is 6.43. The molecule has 3 nitrogen and oxygen atoms in total. The smallest absolute Gasteiger partial charge is 0.227 e. The zero-order valence-electron chi connectivity index (χ0n) is 23.4. The van der Waals surface area contributed by atoms with Crippen LogP contribution in [0, 0.1) is 26.2 Å². The molecule has 0 amide bonds. The molecular formula is C36H34N2O. The van der Waals surface area contributed by atoms with Crippen LogP contribution < -0.4 is 0 Å². The molecule has 1 fully saturated rings. The van der Waals surface area contributed by atoms with E-state index in [2.05, 4.69) is 106 Å². The van der Waals surface area contributed by atoms with E-state index >= 15 is 0 Å². The molecule has 0 spiro atoms. The van der Waals surface area contributed by atoms with Crippen LogP contribution >= 0.6 is 0 Å². The molecule has 1 unspecified atom stereocenters. The molecule has 3 heteroatoms. The first-order chi connectivity index (χ1) is 18.8. The Morgan fingerprint density at radius 3 is 2.33 bits per heavy atom. The van der Waals surface area contributed by atoms with Gasteiger partial charge in [-0.15, -0.1) is 0 Å². The normalized spacial score (nSPS) is 17.0. The molecule has 0 radical (unpaired) electrons. The summed E-state index contributed by atoms with van der Waals surface area (Å²) in [6, 6.07) is 24.5. The van der Waals surface area contributed by atoms with Crippen molar-refractivity contribution in [2.24, 2.45) is 5.41 Å². The molecule has 7 rings (SSSR count). The van der Waals surface area contributed by atoms with Crippen LogP contribution in [-0.4, -0.2) is 9.97 Å². The van der Waals surface area contributed by atoms with Crippen molar-refractivity contribution in [2.75, 3.05) is 0 Å². The molecule has 3 aromatic heterocycles. The Hall–Kier alpha value is -3.98. The van der Waals surface area contributed by atoms with Crippen molar-refractivity contribution in [3.63, 3.8) is 0 Å². The molecule has 1 aliphatic carbocycles. The first kappa shape index (κ1) is 24.1. The minimum Gasteiger partial charge on any atom is -0.437 e. The maximum Gasteiger partial charge on any atom is 0.227 e. The van der Waals surface area contributed by atoms with Gasteiger partial charge in [0.15, 0.2) is 0 Å². The summed E-state index contributed by atoms with van der Waals surface area (Å²) in [5.74, 6) is 0.599. The maximum absolute atomic E-state index is 6.43. The van der Waals surface area contributed by atoms with Crippen molar-refractivity contribution in [1.82, 2.24) is 9.97 Å². The van der Waals surface area contributed by atoms with Crippen molar-refractivity contribution < 1.29 is 4.42 Å². The Kier molecular flexibility index (Phi) is 5.42. The van der Waals surface area contributed by atoms with E-state index in [-0.39, 0.29) is 0 Å². The monoisotopic (exact) mass is 510 g/mol. The quantitative estimate of drug-likeness (QED) is 0.238. The number of hydrogen-bond acceptors (Lipinski definition) is 3. The van der Waals surface area contributed by atoms with Crippen molar-refractivity contribution in [1.29, 1.82) is 0 Å². The van der Waals surface area contributed by atoms with Gasteiger partial charge in [-0.2, -0.15) is 0 Å². The minimum atomic E-state index is 0.406. The highest BCUT2D eigenvalue weighted by atomic mass is 16.3. The second kappa shape index (κ2) is 8.77. The van der Waals surface area contributed by atoms with Gasteiger partial charge in [0.05, 0.1) is 5.69 Å². The first-order valence-corrected chi connectivity index (χ1v) is 14.1. The fraction of sp³-hybridized carbons (Fsp3) is 0.278. The summed E-state index contributed by atoms with van der Waals surface area (Å²) in [5.41, 5.74) is 11.1. The van der Waals surface area contributed by atoms with Gasteiger partial charge in [-0.05, 0) is 97.7 Å². The van der Waals surface area contributed by atoms with Crippen molar-refractivity contribution in [3.05, 3.63) is 95.3 Å². The largest absolute Gasteiger partial charge is 0.437 e. The molecule has 3 heterocycles. The van der Waals surface area contributed by atoms with Crippen LogP contribution in [0.3, 0.4) is 0 Å². The molecule has 39 heavy (non-hydrogen) atoms. The van der Waals surface area contributed by atoms with Gasteiger partial charge in [-0.3, -0.25) is 4.98 Å². The fourth-order valence-electron chi connectivity index (χ4n) is 6.58. The number of aromatic nitrogens is 2. The van der Waals surface area contributed by atoms with E-state index in [1.54, 1.807) is 0 Å². The number of rotatable bonds is 3. The SMILES string of the molecule is Cc1ccc(-c2cnc(-c3cc(C)cc4c3oc3nc(C)ccc34)c3ccc(C4CCC(C)(C)C4)cc23)cc1. The van der Waals surface area contributed by atoms with E-state index < -0.39 is 0 Å². The van der Waals surface area contributed by atoms with Gasteiger partial charge in [-0.1, -0.05) is 61.9 Å². The van der Waals surface area contributed by atoms with Crippen molar-refractivity contribution in [2.45, 2.75) is 59.8 Å². The predicted molar refractivity (Wildman–Crippen MR) is 162 cm³/mol. The molecule has 194 valence electrons. The van der Waals surface area contributed by atoms with Crippen molar-refractivity contribution >= 4 is 32.8 Å². The number of hydrogen-bond donors (Lipinski definition) is 0. The number of fused-ring (bicyclic) bond motifs is 4. The Balaban J connectivity index is 1.49. The topological polar surface area (TPSA) is 38.9 Å². The Bertz CT molecular complexity index is 1890. The maximum atomic E-state index is 6.43. The lowest BCUT2D eigenvalue weighted by Crippen LogP contribution is -2.04. The van der Waals surface area contributed by atoms with Crippen LogP contribution in [0.5, 0.6) is 0 Å². The summed E-state index contributed by atoms with van der Waals surface area (Å²) in [6.07, 6.45) is 5.83. The minimum absolute atomic E-state index is 0.406. The number of furan rings is 1. The van der Waals surface area contributed by atoms with E-state index in [9.17, 15) is 0 Å². The molecule has 1 atom stereocenters. The molecule has 6 aromatic rings. The molecule has 0 N–H and O–H groups in total. The lowest BCUT2D eigenvalue weighted by atomic mass is 9.87. The summed E-state index contributed by atoms with van der Waals surface area (Å²) in [5, 5.41) is 4.55. The molecule has 0 aliphatic heterocycles. The number of pyridine rings is 2. The van der Waals surface area contributed by atoms with Crippen LogP contribution in [0.4, 0.5) is 0 Å². The van der Waals surface area contributed by atoms with Gasteiger partial charge in [0.1, 0.15) is 5.58 Å². The standard InChI is InChI=1S/C36H34N2O/c1-21-6-9-24(10-7-21)32-20-37-33(27-13-11-25(18-29(27)32)26-14-15-36(4,5)19-26)31-17-22(2)16-30-28-12-8-23(3)38-35(28)39-34(30)31/h6-13,16-18,20,26H,14-15,19H2,1-5H3. The first-order valence-electron chi connectivity index (χ1n) is 14.1. The molecular weight excluding hydrogens is 476 g/mol. The van der Waals surface area contributed by atoms with Crippen LogP contribution in [0.2, 0.25) is 0 Å². The lowest BCUT2D eigenvalue weighted by Gasteiger charge is -2.19. The predicted octanol–water partition coefficient (Wildman–Crippen LogP) is 10.1. The molecule has 1 saturated carbocycles. The van der Waals surface area contributed by atoms with Gasteiger partial charge >= 0.3 is 0 Å². The highest BCUT2D eigenvalue weighted by Gasteiger charge is 2.32. The molecule has 0 saturated heterocycles. The summed E-state index contributed by atoms with van der Waals surface area (Å²) >= 11 is 0. The Morgan fingerprint density at radius 1 is 0.769 bits per heavy atom. The zero-order valence-corrected chi connectivity index (χ0v) is 23.4. The third-order valence-corrected chi connectivity index (χ3v) is 8.69. The Morgan fingerprint density at radius 2 is 1.56 bits per heavy atom. The number of aryl methyl sites for hydroxylation is 3. The summed E-state index contributed by atoms with van der Waals surface area (Å²) in [4.78, 5) is 9.81. The van der Waals surface area contributed by atoms with E-state index in [4.69, 9.17) is 9.40 Å². The molecule has 3 aromatic carbocycles. The van der Waals surface area contributed by atoms with Gasteiger partial charge < -0.3 is 4.42 Å².